The van der Waals surface area contributed by atoms with Crippen molar-refractivity contribution in [2.45, 2.75) is 13.0 Å². The third kappa shape index (κ3) is 6.13. The van der Waals surface area contributed by atoms with Gasteiger partial charge in [0.2, 0.25) is 5.91 Å². The Hall–Kier alpha value is -4.42. The van der Waals surface area contributed by atoms with Crippen LogP contribution in [0.2, 0.25) is 0 Å². The van der Waals surface area contributed by atoms with E-state index in [1.165, 1.54) is 9.80 Å². The van der Waals surface area contributed by atoms with E-state index in [9.17, 15) is 24.0 Å². The number of benzene rings is 1. The van der Waals surface area contributed by atoms with Gasteiger partial charge in [-0.1, -0.05) is 12.1 Å². The zero-order valence-electron chi connectivity index (χ0n) is 18.8. The van der Waals surface area contributed by atoms with Crippen molar-refractivity contribution in [3.63, 3.8) is 0 Å². The van der Waals surface area contributed by atoms with E-state index in [1.54, 1.807) is 31.2 Å². The lowest BCUT2D eigenvalue weighted by Gasteiger charge is -2.34. The van der Waals surface area contributed by atoms with Crippen LogP contribution in [0.15, 0.2) is 30.3 Å². The average molecular weight is 488 g/mol. The third-order valence-electron chi connectivity index (χ3n) is 5.16. The first-order valence-electron chi connectivity index (χ1n) is 10.7. The molecule has 0 spiro atoms. The maximum atomic E-state index is 12.7. The third-order valence-corrected chi connectivity index (χ3v) is 5.16. The molecule has 3 amide bonds. The number of fused-ring (bicyclic) bond motifs is 1. The molecular formula is C22H24N4O9. The number of ether oxygens (including phenoxy) is 2. The molecule has 2 heterocycles. The first kappa shape index (κ1) is 25.2. The monoisotopic (exact) mass is 488 g/mol. The molecule has 0 radical (unpaired) electrons. The second-order valence-corrected chi connectivity index (χ2v) is 7.45. The maximum absolute atomic E-state index is 12.7. The van der Waals surface area contributed by atoms with E-state index in [-0.39, 0.29) is 49.1 Å². The Kier molecular flexibility index (Phi) is 8.02. The summed E-state index contributed by atoms with van der Waals surface area (Å²) >= 11 is 0. The zero-order valence-corrected chi connectivity index (χ0v) is 18.8. The number of piperazine rings is 1. The van der Waals surface area contributed by atoms with Gasteiger partial charge < -0.3 is 34.8 Å². The minimum absolute atomic E-state index is 0.156. The number of nitrogens with one attached hydrogen (secondary N) is 1. The molecule has 0 atom stereocenters. The van der Waals surface area contributed by atoms with Gasteiger partial charge in [0.25, 0.3) is 12.0 Å². The highest BCUT2D eigenvalue weighted by Crippen LogP contribution is 2.26. The molecule has 1 aliphatic heterocycles. The van der Waals surface area contributed by atoms with Crippen LogP contribution in [-0.2, 0) is 19.1 Å². The van der Waals surface area contributed by atoms with Gasteiger partial charge in [0.05, 0.1) is 18.7 Å². The van der Waals surface area contributed by atoms with Gasteiger partial charge in [-0.15, -0.1) is 0 Å². The van der Waals surface area contributed by atoms with Gasteiger partial charge in [-0.05, 0) is 19.1 Å². The molecule has 13 nitrogen and oxygen atoms in total. The van der Waals surface area contributed by atoms with E-state index in [2.05, 4.69) is 10.3 Å². The lowest BCUT2D eigenvalue weighted by molar-refractivity contribution is -0.159. The highest BCUT2D eigenvalue weighted by molar-refractivity contribution is 6.00. The molecule has 1 aromatic heterocycles. The number of hydrogen-bond donors (Lipinski definition) is 3. The zero-order chi connectivity index (χ0) is 25.5. The van der Waals surface area contributed by atoms with Crippen molar-refractivity contribution >= 4 is 40.7 Å². The molecule has 0 unspecified atom stereocenters. The van der Waals surface area contributed by atoms with Crippen LogP contribution in [0.5, 0.6) is 5.75 Å². The van der Waals surface area contributed by atoms with Crippen molar-refractivity contribution in [1.82, 2.24) is 20.1 Å². The highest BCUT2D eigenvalue weighted by Gasteiger charge is 2.29. The lowest BCUT2D eigenvalue weighted by atomic mass is 10.1. The fourth-order valence-corrected chi connectivity index (χ4v) is 3.40. The number of rotatable bonds is 8. The van der Waals surface area contributed by atoms with E-state index >= 15 is 0 Å². The Balaban J connectivity index is 1.68. The van der Waals surface area contributed by atoms with Crippen LogP contribution in [0.4, 0.5) is 4.79 Å². The number of nitrogens with zero attached hydrogens (tertiary/aromatic N) is 3. The largest absolute Gasteiger partial charge is 0.478 e. The average Bonchev–Trinajstić information content (AvgIpc) is 2.85. The summed E-state index contributed by atoms with van der Waals surface area (Å²) in [7, 11) is 0. The number of amides is 3. The summed E-state index contributed by atoms with van der Waals surface area (Å²) in [5.74, 6) is -4.68. The van der Waals surface area contributed by atoms with Gasteiger partial charge in [0.15, 0.2) is 0 Å². The van der Waals surface area contributed by atoms with E-state index in [1.807, 2.05) is 0 Å². The minimum Gasteiger partial charge on any atom is -0.478 e. The van der Waals surface area contributed by atoms with Gasteiger partial charge in [-0.2, -0.15) is 0 Å². The molecule has 1 aliphatic rings. The Morgan fingerprint density at radius 2 is 1.66 bits per heavy atom. The fraction of sp³-hybridized carbons (Fsp3) is 0.364. The molecule has 186 valence electrons. The SMILES string of the molecule is CCOC(=O)N1CCN(C(=O)CNC(=O)c2cc(OC(C(=O)O)C(=O)O)c3ccccc3n2)CC1. The highest BCUT2D eigenvalue weighted by atomic mass is 16.6. The molecule has 2 aromatic rings. The van der Waals surface area contributed by atoms with Crippen LogP contribution in [-0.4, -0.2) is 100 Å². The van der Waals surface area contributed by atoms with Crippen molar-refractivity contribution in [3.8, 4) is 5.75 Å². The summed E-state index contributed by atoms with van der Waals surface area (Å²) in [6.07, 6.45) is -2.63. The molecule has 3 N–H and O–H groups in total. The Labute approximate surface area is 199 Å². The Morgan fingerprint density at radius 1 is 1.03 bits per heavy atom. The van der Waals surface area contributed by atoms with Crippen molar-refractivity contribution in [3.05, 3.63) is 36.0 Å². The first-order valence-corrected chi connectivity index (χ1v) is 10.7. The summed E-state index contributed by atoms with van der Waals surface area (Å²) < 4.78 is 10.1. The molecule has 13 heteroatoms. The second-order valence-electron chi connectivity index (χ2n) is 7.45. The van der Waals surface area contributed by atoms with E-state index in [4.69, 9.17) is 19.7 Å². The van der Waals surface area contributed by atoms with Gasteiger partial charge >= 0.3 is 18.0 Å². The topological polar surface area (TPSA) is 176 Å². The number of pyridine rings is 1. The molecule has 1 saturated heterocycles. The first-order chi connectivity index (χ1) is 16.7. The smallest absolute Gasteiger partial charge is 0.409 e. The number of carboxylic acid groups (broad SMARTS) is 2. The van der Waals surface area contributed by atoms with E-state index in [0.29, 0.717) is 18.5 Å². The normalized spacial score (nSPS) is 13.4. The molecule has 1 aromatic carbocycles. The van der Waals surface area contributed by atoms with Crippen LogP contribution < -0.4 is 10.1 Å². The fourth-order valence-electron chi connectivity index (χ4n) is 3.40. The van der Waals surface area contributed by atoms with Gasteiger partial charge in [-0.3, -0.25) is 9.59 Å². The van der Waals surface area contributed by atoms with Gasteiger partial charge in [-0.25, -0.2) is 19.4 Å². The predicted molar refractivity (Wildman–Crippen MR) is 119 cm³/mol. The standard InChI is InChI=1S/C22H24N4O9/c1-2-34-22(33)26-9-7-25(8-10-26)17(27)12-23-19(28)15-11-16(35-18(20(29)30)21(31)32)13-5-3-4-6-14(13)24-15/h3-6,11,18H,2,7-10,12H2,1H3,(H,23,28)(H,29,30)(H,31,32). The predicted octanol–water partition coefficient (Wildman–Crippen LogP) is 0.182. The second kappa shape index (κ2) is 11.1. The Morgan fingerprint density at radius 3 is 2.29 bits per heavy atom. The van der Waals surface area contributed by atoms with Crippen LogP contribution in [0.25, 0.3) is 10.9 Å². The molecular weight excluding hydrogens is 464 g/mol. The summed E-state index contributed by atoms with van der Waals surface area (Å²) in [4.78, 5) is 66.7. The number of carbonyl (C=O) groups excluding carboxylic acids is 3. The Bertz CT molecular complexity index is 1130. The van der Waals surface area contributed by atoms with Crippen LogP contribution >= 0.6 is 0 Å². The summed E-state index contributed by atoms with van der Waals surface area (Å²) in [6, 6.07) is 7.46. The molecule has 1 fully saturated rings. The van der Waals surface area contributed by atoms with E-state index < -0.39 is 30.0 Å². The van der Waals surface area contributed by atoms with Crippen molar-refractivity contribution in [2.24, 2.45) is 0 Å². The summed E-state index contributed by atoms with van der Waals surface area (Å²) in [6.45, 7) is 2.80. The minimum atomic E-state index is -2.19. The van der Waals surface area contributed by atoms with Crippen molar-refractivity contribution in [2.75, 3.05) is 39.3 Å². The number of para-hydroxylation sites is 1. The van der Waals surface area contributed by atoms with Gasteiger partial charge in [0, 0.05) is 37.6 Å². The number of carboxylic acids is 2. The van der Waals surface area contributed by atoms with Crippen molar-refractivity contribution in [1.29, 1.82) is 0 Å². The summed E-state index contributed by atoms with van der Waals surface area (Å²) in [5.41, 5.74) is 0.0826. The number of hydrogen-bond acceptors (Lipinski definition) is 8. The maximum Gasteiger partial charge on any atom is 0.409 e. The quantitative estimate of drug-likeness (QED) is 0.435. The number of aliphatic carboxylic acids is 2. The van der Waals surface area contributed by atoms with Gasteiger partial charge in [0.1, 0.15) is 11.4 Å². The molecule has 0 aliphatic carbocycles. The van der Waals surface area contributed by atoms with Crippen LogP contribution in [0, 0.1) is 0 Å². The van der Waals surface area contributed by atoms with Crippen LogP contribution in [0.1, 0.15) is 17.4 Å². The molecule has 3 rings (SSSR count). The molecule has 35 heavy (non-hydrogen) atoms. The lowest BCUT2D eigenvalue weighted by Crippen LogP contribution is -2.52. The van der Waals surface area contributed by atoms with E-state index in [0.717, 1.165) is 6.07 Å². The van der Waals surface area contributed by atoms with Crippen molar-refractivity contribution < 1.29 is 43.7 Å². The number of carbonyl (C=O) groups is 5. The number of aromatic nitrogens is 1. The molecule has 0 saturated carbocycles. The summed E-state index contributed by atoms with van der Waals surface area (Å²) in [5, 5.41) is 21.0. The molecule has 0 bridgehead atoms. The van der Waals surface area contributed by atoms with Crippen LogP contribution in [0.3, 0.4) is 0 Å².